The summed E-state index contributed by atoms with van der Waals surface area (Å²) in [5.41, 5.74) is 0.322. The van der Waals surface area contributed by atoms with Gasteiger partial charge in [-0.05, 0) is 0 Å². The maximum atomic E-state index is 10.7. The van der Waals surface area contributed by atoms with Crippen molar-refractivity contribution in [3.8, 4) is 0 Å². The molecule has 4 heteroatoms. The Labute approximate surface area is 66.6 Å². The number of rotatable bonds is 1. The molecule has 1 aromatic heterocycles. The van der Waals surface area contributed by atoms with Crippen molar-refractivity contribution in [3.05, 3.63) is 30.1 Å². The topological polar surface area (TPSA) is 39.2 Å². The van der Waals surface area contributed by atoms with Crippen molar-refractivity contribution in [2.45, 2.75) is 0 Å². The summed E-state index contributed by atoms with van der Waals surface area (Å²) in [5, 5.41) is 0. The minimum atomic E-state index is -0.430. The number of aromatic nitrogens is 1. The van der Waals surface area contributed by atoms with Crippen molar-refractivity contribution >= 4 is 22.3 Å². The van der Waals surface area contributed by atoms with Gasteiger partial charge < -0.3 is 0 Å². The summed E-state index contributed by atoms with van der Waals surface area (Å²) < 4.78 is 4.37. The van der Waals surface area contributed by atoms with Crippen LogP contribution in [0.25, 0.3) is 0 Å². The molecule has 0 fully saturated rings. The van der Waals surface area contributed by atoms with Crippen LogP contribution in [0.4, 0.5) is 0 Å². The van der Waals surface area contributed by atoms with Gasteiger partial charge >= 0.3 is 66.0 Å². The quantitative estimate of drug-likeness (QED) is 0.604. The van der Waals surface area contributed by atoms with E-state index in [1.54, 1.807) is 40.7 Å². The fourth-order valence-electron chi connectivity index (χ4n) is 0.530. The van der Waals surface area contributed by atoms with E-state index in [1.165, 1.54) is 0 Å². The third kappa shape index (κ3) is 1.56. The second kappa shape index (κ2) is 3.34. The Kier molecular flexibility index (Phi) is 2.42. The molecule has 0 radical (unpaired) electrons. The van der Waals surface area contributed by atoms with E-state index in [0.717, 1.165) is 0 Å². The molecule has 0 unspecified atom stereocenters. The van der Waals surface area contributed by atoms with Gasteiger partial charge in [0.2, 0.25) is 0 Å². The van der Waals surface area contributed by atoms with Crippen LogP contribution in [0.1, 0.15) is 10.5 Å². The molecular weight excluding hydrogens is 197 g/mol. The van der Waals surface area contributed by atoms with Crippen molar-refractivity contribution in [3.63, 3.8) is 0 Å². The molecule has 0 saturated carbocycles. The van der Waals surface area contributed by atoms with Crippen LogP contribution in [-0.2, 0) is 3.82 Å². The Balaban J connectivity index is 2.85. The van der Waals surface area contributed by atoms with Crippen LogP contribution >= 0.6 is 0 Å². The van der Waals surface area contributed by atoms with Gasteiger partial charge in [-0.25, -0.2) is 0 Å². The molecule has 0 aliphatic rings. The molecule has 0 aromatic carbocycles. The summed E-state index contributed by atoms with van der Waals surface area (Å²) >= 11 is 1.74. The molecule has 0 N–H and O–H groups in total. The fraction of sp³-hybridized carbons (Fsp3) is 0. The second-order valence-electron chi connectivity index (χ2n) is 1.59. The van der Waals surface area contributed by atoms with Crippen LogP contribution in [0, 0.1) is 0 Å². The second-order valence-corrected chi connectivity index (χ2v) is 1.98. The Hall–Kier alpha value is -0.861. The molecular formula is C6H5NO2Se. The number of pyridine rings is 1. The number of carbonyl (C=O) groups excluding carboxylic acids is 1. The number of hydrogen-bond donors (Lipinski definition) is 0. The molecule has 1 rings (SSSR count). The van der Waals surface area contributed by atoms with Crippen LogP contribution < -0.4 is 0 Å². The van der Waals surface area contributed by atoms with Crippen molar-refractivity contribution < 1.29 is 8.61 Å². The summed E-state index contributed by atoms with van der Waals surface area (Å²) in [6, 6.07) is 5.06. The van der Waals surface area contributed by atoms with Gasteiger partial charge in [-0.15, -0.1) is 0 Å². The Morgan fingerprint density at radius 3 is 2.90 bits per heavy atom. The summed E-state index contributed by atoms with van der Waals surface area (Å²) in [4.78, 5) is 14.5. The molecule has 0 bridgehead atoms. The summed E-state index contributed by atoms with van der Waals surface area (Å²) in [6.07, 6.45) is 1.54. The standard InChI is InChI=1S/C6H5NO2Se/c8-6(9-10)5-3-1-2-4-7-5/h1-4,10H. The van der Waals surface area contributed by atoms with Gasteiger partial charge in [0, 0.05) is 0 Å². The minimum absolute atomic E-state index is 0.322. The van der Waals surface area contributed by atoms with Gasteiger partial charge in [0.25, 0.3) is 0 Å². The molecule has 10 heavy (non-hydrogen) atoms. The van der Waals surface area contributed by atoms with Gasteiger partial charge in [0.1, 0.15) is 0 Å². The molecule has 0 amide bonds. The van der Waals surface area contributed by atoms with E-state index in [0.29, 0.717) is 5.69 Å². The average Bonchev–Trinajstić information content (AvgIpc) is 2.05. The van der Waals surface area contributed by atoms with Crippen molar-refractivity contribution in [1.82, 2.24) is 4.98 Å². The third-order valence-corrected chi connectivity index (χ3v) is 1.30. The zero-order chi connectivity index (χ0) is 7.40. The SMILES string of the molecule is O=C(O[SeH])c1ccccn1. The molecule has 52 valence electrons. The average molecular weight is 202 g/mol. The predicted octanol–water partition coefficient (Wildman–Crippen LogP) is 0.0542. The summed E-state index contributed by atoms with van der Waals surface area (Å²) in [7, 11) is 0. The molecule has 1 aromatic rings. The monoisotopic (exact) mass is 203 g/mol. The fourth-order valence-corrected chi connectivity index (χ4v) is 0.727. The van der Waals surface area contributed by atoms with Gasteiger partial charge in [0.15, 0.2) is 0 Å². The van der Waals surface area contributed by atoms with E-state index in [4.69, 9.17) is 0 Å². The normalized spacial score (nSPS) is 8.90. The first-order valence-electron chi connectivity index (χ1n) is 2.61. The Morgan fingerprint density at radius 1 is 1.60 bits per heavy atom. The Morgan fingerprint density at radius 2 is 2.40 bits per heavy atom. The van der Waals surface area contributed by atoms with E-state index >= 15 is 0 Å². The maximum absolute atomic E-state index is 10.7. The first kappa shape index (κ1) is 7.25. The predicted molar refractivity (Wildman–Crippen MR) is 36.8 cm³/mol. The van der Waals surface area contributed by atoms with E-state index < -0.39 is 5.97 Å². The summed E-state index contributed by atoms with van der Waals surface area (Å²) in [5.74, 6) is -0.430. The van der Waals surface area contributed by atoms with Gasteiger partial charge in [-0.3, -0.25) is 0 Å². The molecule has 0 spiro atoms. The zero-order valence-electron chi connectivity index (χ0n) is 5.02. The first-order chi connectivity index (χ1) is 4.84. The third-order valence-electron chi connectivity index (χ3n) is 0.957. The molecule has 0 aliphatic heterocycles. The molecule has 0 aliphatic carbocycles. The van der Waals surface area contributed by atoms with Crippen molar-refractivity contribution in [2.24, 2.45) is 0 Å². The van der Waals surface area contributed by atoms with E-state index in [1.807, 2.05) is 0 Å². The molecule has 0 saturated heterocycles. The van der Waals surface area contributed by atoms with Crippen LogP contribution in [0.5, 0.6) is 0 Å². The van der Waals surface area contributed by atoms with Crippen molar-refractivity contribution in [2.75, 3.05) is 0 Å². The van der Waals surface area contributed by atoms with E-state index in [-0.39, 0.29) is 0 Å². The summed E-state index contributed by atoms with van der Waals surface area (Å²) in [6.45, 7) is 0. The number of hydrogen-bond acceptors (Lipinski definition) is 3. The van der Waals surface area contributed by atoms with Crippen molar-refractivity contribution in [1.29, 1.82) is 0 Å². The van der Waals surface area contributed by atoms with Crippen LogP contribution in [-0.4, -0.2) is 27.3 Å². The van der Waals surface area contributed by atoms with E-state index in [2.05, 4.69) is 8.80 Å². The van der Waals surface area contributed by atoms with Gasteiger partial charge in [0.05, 0.1) is 0 Å². The molecule has 3 nitrogen and oxygen atoms in total. The van der Waals surface area contributed by atoms with Crippen LogP contribution in [0.3, 0.4) is 0 Å². The van der Waals surface area contributed by atoms with Crippen LogP contribution in [0.15, 0.2) is 24.4 Å². The first-order valence-corrected chi connectivity index (χ1v) is 3.38. The van der Waals surface area contributed by atoms with Crippen LogP contribution in [0.2, 0.25) is 0 Å². The molecule has 1 heterocycles. The zero-order valence-corrected chi connectivity index (χ0v) is 6.90. The molecule has 0 atom stereocenters. The van der Waals surface area contributed by atoms with Gasteiger partial charge in [-0.1, -0.05) is 0 Å². The number of nitrogens with zero attached hydrogens (tertiary/aromatic N) is 1. The number of carbonyl (C=O) groups is 1. The van der Waals surface area contributed by atoms with E-state index in [9.17, 15) is 4.79 Å². The van der Waals surface area contributed by atoms with Gasteiger partial charge in [-0.2, -0.15) is 0 Å². The Bertz CT molecular complexity index is 224.